The number of primary amides is 1. The van der Waals surface area contributed by atoms with Crippen LogP contribution in [0.3, 0.4) is 0 Å². The molecule has 2 rings (SSSR count). The fourth-order valence-corrected chi connectivity index (χ4v) is 4.29. The van der Waals surface area contributed by atoms with E-state index in [4.69, 9.17) is 5.73 Å². The van der Waals surface area contributed by atoms with Crippen LogP contribution in [-0.2, 0) is 4.79 Å². The fraction of sp³-hybridized carbons (Fsp3) is 0.941. The molecule has 2 fully saturated rings. The van der Waals surface area contributed by atoms with Gasteiger partial charge in [0.15, 0.2) is 0 Å². The number of rotatable bonds is 5. The predicted octanol–water partition coefficient (Wildman–Crippen LogP) is 2.13. The Morgan fingerprint density at radius 1 is 1.24 bits per heavy atom. The standard InChI is InChI=1S/C17H33N3O/c1-16(2)8-5-11-20(13-10-16)12-7-14-6-4-9-17(14,19-3)15(18)21/h14,19H,4-13H2,1-3H3,(H2,18,21). The van der Waals surface area contributed by atoms with Crippen molar-refractivity contribution in [1.29, 1.82) is 0 Å². The van der Waals surface area contributed by atoms with E-state index in [-0.39, 0.29) is 5.91 Å². The lowest BCUT2D eigenvalue weighted by Crippen LogP contribution is -2.56. The van der Waals surface area contributed by atoms with Crippen molar-refractivity contribution >= 4 is 5.91 Å². The number of carbonyl (C=O) groups is 1. The lowest BCUT2D eigenvalue weighted by molar-refractivity contribution is -0.125. The number of carbonyl (C=O) groups excluding carboxylic acids is 1. The first-order chi connectivity index (χ1) is 9.89. The Morgan fingerprint density at radius 3 is 2.67 bits per heavy atom. The number of nitrogens with zero attached hydrogens (tertiary/aromatic N) is 1. The topological polar surface area (TPSA) is 58.4 Å². The van der Waals surface area contributed by atoms with Gasteiger partial charge in [-0.1, -0.05) is 20.3 Å². The zero-order chi connectivity index (χ0) is 15.5. The monoisotopic (exact) mass is 295 g/mol. The van der Waals surface area contributed by atoms with Gasteiger partial charge in [0.25, 0.3) is 0 Å². The Morgan fingerprint density at radius 2 is 2.00 bits per heavy atom. The first-order valence-electron chi connectivity index (χ1n) is 8.61. The molecule has 0 spiro atoms. The molecule has 0 aromatic rings. The lowest BCUT2D eigenvalue weighted by Gasteiger charge is -2.33. The summed E-state index contributed by atoms with van der Waals surface area (Å²) < 4.78 is 0. The van der Waals surface area contributed by atoms with Gasteiger partial charge in [-0.25, -0.2) is 0 Å². The molecule has 2 aliphatic rings. The molecule has 1 saturated heterocycles. The molecule has 1 aliphatic carbocycles. The van der Waals surface area contributed by atoms with Gasteiger partial charge < -0.3 is 16.0 Å². The molecule has 0 radical (unpaired) electrons. The Bertz CT molecular complexity index is 369. The Hall–Kier alpha value is -0.610. The van der Waals surface area contributed by atoms with Gasteiger partial charge in [0.2, 0.25) is 5.91 Å². The van der Waals surface area contributed by atoms with Gasteiger partial charge in [-0.15, -0.1) is 0 Å². The lowest BCUT2D eigenvalue weighted by atomic mass is 9.84. The Kier molecular flexibility index (Phi) is 5.31. The van der Waals surface area contributed by atoms with Gasteiger partial charge in [-0.2, -0.15) is 0 Å². The molecule has 1 saturated carbocycles. The van der Waals surface area contributed by atoms with Crippen LogP contribution in [0.25, 0.3) is 0 Å². The number of likely N-dealkylation sites (N-methyl/N-ethyl adjacent to an activating group) is 1. The van der Waals surface area contributed by atoms with E-state index in [1.807, 2.05) is 7.05 Å². The molecule has 2 unspecified atom stereocenters. The highest BCUT2D eigenvalue weighted by Crippen LogP contribution is 2.38. The van der Waals surface area contributed by atoms with Gasteiger partial charge in [0.05, 0.1) is 0 Å². The van der Waals surface area contributed by atoms with E-state index in [1.165, 1.54) is 32.4 Å². The molecule has 0 aromatic carbocycles. The van der Waals surface area contributed by atoms with Crippen molar-refractivity contribution in [2.75, 3.05) is 26.7 Å². The first-order valence-corrected chi connectivity index (χ1v) is 8.61. The van der Waals surface area contributed by atoms with Crippen molar-refractivity contribution in [1.82, 2.24) is 10.2 Å². The van der Waals surface area contributed by atoms with Crippen LogP contribution in [0.15, 0.2) is 0 Å². The number of amides is 1. The summed E-state index contributed by atoms with van der Waals surface area (Å²) in [6.07, 6.45) is 8.13. The van der Waals surface area contributed by atoms with Crippen molar-refractivity contribution in [3.05, 3.63) is 0 Å². The van der Waals surface area contributed by atoms with Crippen LogP contribution < -0.4 is 11.1 Å². The van der Waals surface area contributed by atoms with Crippen LogP contribution in [0.4, 0.5) is 0 Å². The smallest absolute Gasteiger partial charge is 0.238 e. The molecule has 21 heavy (non-hydrogen) atoms. The number of nitrogens with one attached hydrogen (secondary N) is 1. The molecular weight excluding hydrogens is 262 g/mol. The zero-order valence-corrected chi connectivity index (χ0v) is 14.1. The molecule has 2 atom stereocenters. The van der Waals surface area contributed by atoms with E-state index in [9.17, 15) is 4.79 Å². The molecular formula is C17H33N3O. The third-order valence-electron chi connectivity index (χ3n) is 5.93. The molecule has 1 heterocycles. The van der Waals surface area contributed by atoms with Gasteiger partial charge >= 0.3 is 0 Å². The van der Waals surface area contributed by atoms with Crippen LogP contribution >= 0.6 is 0 Å². The minimum atomic E-state index is -0.453. The highest BCUT2D eigenvalue weighted by atomic mass is 16.1. The van der Waals surface area contributed by atoms with E-state index in [1.54, 1.807) is 0 Å². The molecule has 0 bridgehead atoms. The summed E-state index contributed by atoms with van der Waals surface area (Å²) in [5.74, 6) is 0.237. The predicted molar refractivity (Wildman–Crippen MR) is 87.0 cm³/mol. The molecule has 0 aromatic heterocycles. The van der Waals surface area contributed by atoms with Gasteiger partial charge in [-0.3, -0.25) is 4.79 Å². The van der Waals surface area contributed by atoms with E-state index >= 15 is 0 Å². The summed E-state index contributed by atoms with van der Waals surface area (Å²) in [4.78, 5) is 14.5. The summed E-state index contributed by atoms with van der Waals surface area (Å²) in [5.41, 5.74) is 5.72. The average molecular weight is 295 g/mol. The van der Waals surface area contributed by atoms with Crippen LogP contribution in [0.1, 0.15) is 58.8 Å². The molecule has 3 N–H and O–H groups in total. The molecule has 1 aliphatic heterocycles. The first kappa shape index (κ1) is 16.8. The average Bonchev–Trinajstić information content (AvgIpc) is 2.77. The minimum absolute atomic E-state index is 0.163. The third kappa shape index (κ3) is 3.78. The second-order valence-corrected chi connectivity index (χ2v) is 7.82. The molecule has 4 heteroatoms. The maximum Gasteiger partial charge on any atom is 0.238 e. The van der Waals surface area contributed by atoms with Gasteiger partial charge in [0.1, 0.15) is 5.54 Å². The third-order valence-corrected chi connectivity index (χ3v) is 5.93. The fourth-order valence-electron chi connectivity index (χ4n) is 4.29. The number of hydrogen-bond acceptors (Lipinski definition) is 3. The van der Waals surface area contributed by atoms with Crippen molar-refractivity contribution in [2.45, 2.75) is 64.3 Å². The molecule has 1 amide bonds. The van der Waals surface area contributed by atoms with Crippen LogP contribution in [0.5, 0.6) is 0 Å². The van der Waals surface area contributed by atoms with Crippen molar-refractivity contribution in [3.8, 4) is 0 Å². The second-order valence-electron chi connectivity index (χ2n) is 7.82. The number of hydrogen-bond donors (Lipinski definition) is 2. The van der Waals surface area contributed by atoms with Crippen molar-refractivity contribution in [2.24, 2.45) is 17.1 Å². The molecule has 122 valence electrons. The summed E-state index contributed by atoms with van der Waals surface area (Å²) in [6, 6.07) is 0. The largest absolute Gasteiger partial charge is 0.368 e. The number of likely N-dealkylation sites (tertiary alicyclic amines) is 1. The van der Waals surface area contributed by atoms with Crippen molar-refractivity contribution in [3.63, 3.8) is 0 Å². The number of nitrogens with two attached hydrogens (primary N) is 1. The minimum Gasteiger partial charge on any atom is -0.368 e. The quantitative estimate of drug-likeness (QED) is 0.817. The highest BCUT2D eigenvalue weighted by Gasteiger charge is 2.46. The van der Waals surface area contributed by atoms with E-state index in [2.05, 4.69) is 24.1 Å². The SMILES string of the molecule is CNC1(C(N)=O)CCCC1CCN1CCCC(C)(C)CC1. The second kappa shape index (κ2) is 6.66. The van der Waals surface area contributed by atoms with Crippen LogP contribution in [-0.4, -0.2) is 43.0 Å². The van der Waals surface area contributed by atoms with Gasteiger partial charge in [-0.05, 0) is 76.5 Å². The summed E-state index contributed by atoms with van der Waals surface area (Å²) >= 11 is 0. The van der Waals surface area contributed by atoms with E-state index in [0.717, 1.165) is 32.2 Å². The zero-order valence-electron chi connectivity index (χ0n) is 14.1. The highest BCUT2D eigenvalue weighted by molar-refractivity contribution is 5.85. The van der Waals surface area contributed by atoms with Crippen LogP contribution in [0, 0.1) is 11.3 Å². The van der Waals surface area contributed by atoms with Gasteiger partial charge in [0, 0.05) is 0 Å². The van der Waals surface area contributed by atoms with E-state index < -0.39 is 5.54 Å². The Labute approximate surface area is 129 Å². The maximum absolute atomic E-state index is 11.9. The normalized spacial score (nSPS) is 33.8. The summed E-state index contributed by atoms with van der Waals surface area (Å²) in [6.45, 7) is 8.28. The summed E-state index contributed by atoms with van der Waals surface area (Å²) in [5, 5.41) is 3.25. The van der Waals surface area contributed by atoms with Crippen LogP contribution in [0.2, 0.25) is 0 Å². The summed E-state index contributed by atoms with van der Waals surface area (Å²) in [7, 11) is 1.89. The van der Waals surface area contributed by atoms with E-state index in [0.29, 0.717) is 11.3 Å². The maximum atomic E-state index is 11.9. The Balaban J connectivity index is 1.89. The molecule has 4 nitrogen and oxygen atoms in total. The van der Waals surface area contributed by atoms with Crippen molar-refractivity contribution < 1.29 is 4.79 Å².